The summed E-state index contributed by atoms with van der Waals surface area (Å²) in [5.74, 6) is -0.135. The van der Waals surface area contributed by atoms with Crippen LogP contribution < -0.4 is 4.90 Å². The molecule has 0 fully saturated rings. The Hall–Kier alpha value is -1.51. The molecule has 0 atom stereocenters. The smallest absolute Gasteiger partial charge is 0.307 e. The Morgan fingerprint density at radius 2 is 2.06 bits per heavy atom. The second-order valence-corrected chi connectivity index (χ2v) is 4.27. The lowest BCUT2D eigenvalue weighted by molar-refractivity contribution is -0.142. The van der Waals surface area contributed by atoms with E-state index in [4.69, 9.17) is 4.74 Å². The molecule has 0 saturated heterocycles. The Kier molecular flexibility index (Phi) is 5.01. The summed E-state index contributed by atoms with van der Waals surface area (Å²) in [5, 5.41) is 0. The molecular weight excluding hydrogens is 214 g/mol. The summed E-state index contributed by atoms with van der Waals surface area (Å²) in [6.45, 7) is 7.12. The molecule has 1 rings (SSSR count). The number of benzene rings is 1. The summed E-state index contributed by atoms with van der Waals surface area (Å²) < 4.78 is 4.91. The quantitative estimate of drug-likeness (QED) is 0.735. The zero-order valence-corrected chi connectivity index (χ0v) is 11.1. The van der Waals surface area contributed by atoms with Gasteiger partial charge in [0.05, 0.1) is 13.0 Å². The summed E-state index contributed by atoms with van der Waals surface area (Å²) >= 11 is 0. The van der Waals surface area contributed by atoms with Crippen LogP contribution >= 0.6 is 0 Å². The fourth-order valence-corrected chi connectivity index (χ4v) is 1.85. The zero-order valence-electron chi connectivity index (χ0n) is 11.1. The summed E-state index contributed by atoms with van der Waals surface area (Å²) in [6.07, 6.45) is 0.428. The van der Waals surface area contributed by atoms with Gasteiger partial charge in [-0.2, -0.15) is 0 Å². The number of aryl methyl sites for hydroxylation is 2. The summed E-state index contributed by atoms with van der Waals surface area (Å²) in [5.41, 5.74) is 3.65. The molecule has 1 aromatic carbocycles. The van der Waals surface area contributed by atoms with Gasteiger partial charge in [0.1, 0.15) is 0 Å². The van der Waals surface area contributed by atoms with Crippen LogP contribution in [-0.4, -0.2) is 26.2 Å². The van der Waals surface area contributed by atoms with Crippen molar-refractivity contribution in [2.45, 2.75) is 27.2 Å². The molecule has 0 aromatic heterocycles. The number of carbonyl (C=O) groups is 1. The molecule has 0 saturated carbocycles. The first-order valence-electron chi connectivity index (χ1n) is 5.98. The predicted octanol–water partition coefficient (Wildman–Crippen LogP) is 2.69. The van der Waals surface area contributed by atoms with Crippen LogP contribution in [-0.2, 0) is 9.53 Å². The van der Waals surface area contributed by atoms with Gasteiger partial charge in [-0.05, 0) is 32.4 Å². The Morgan fingerprint density at radius 3 is 2.65 bits per heavy atom. The van der Waals surface area contributed by atoms with Crippen LogP contribution in [0.15, 0.2) is 18.2 Å². The van der Waals surface area contributed by atoms with Gasteiger partial charge in [-0.1, -0.05) is 17.7 Å². The lowest BCUT2D eigenvalue weighted by Crippen LogP contribution is -2.22. The van der Waals surface area contributed by atoms with E-state index in [1.165, 1.54) is 16.8 Å². The zero-order chi connectivity index (χ0) is 12.8. The lowest BCUT2D eigenvalue weighted by Gasteiger charge is -2.21. The van der Waals surface area contributed by atoms with Gasteiger partial charge in [-0.3, -0.25) is 4.79 Å². The van der Waals surface area contributed by atoms with Crippen LogP contribution in [0.4, 0.5) is 5.69 Å². The fourth-order valence-electron chi connectivity index (χ4n) is 1.85. The second-order valence-electron chi connectivity index (χ2n) is 4.27. The van der Waals surface area contributed by atoms with Crippen LogP contribution in [0.2, 0.25) is 0 Å². The first-order chi connectivity index (χ1) is 8.04. The van der Waals surface area contributed by atoms with E-state index in [0.717, 1.165) is 0 Å². The highest BCUT2D eigenvalue weighted by Gasteiger charge is 2.07. The van der Waals surface area contributed by atoms with Crippen LogP contribution in [0.1, 0.15) is 24.5 Å². The van der Waals surface area contributed by atoms with Gasteiger partial charge in [0.15, 0.2) is 0 Å². The molecule has 0 radical (unpaired) electrons. The highest BCUT2D eigenvalue weighted by atomic mass is 16.5. The number of anilines is 1. The molecule has 0 spiro atoms. The summed E-state index contributed by atoms with van der Waals surface area (Å²) in [7, 11) is 2.00. The van der Waals surface area contributed by atoms with Crippen molar-refractivity contribution in [3.8, 4) is 0 Å². The number of ether oxygens (including phenoxy) is 1. The first-order valence-corrected chi connectivity index (χ1v) is 5.98. The molecule has 0 aliphatic rings. The molecule has 17 heavy (non-hydrogen) atoms. The number of esters is 1. The standard InChI is InChI=1S/C14H21NO2/c1-5-17-14(16)8-9-15(4)13-7-6-11(2)10-12(13)3/h6-7,10H,5,8-9H2,1-4H3. The van der Waals surface area contributed by atoms with E-state index in [1.807, 2.05) is 14.0 Å². The highest BCUT2D eigenvalue weighted by molar-refractivity contribution is 5.70. The number of rotatable bonds is 5. The summed E-state index contributed by atoms with van der Waals surface area (Å²) in [6, 6.07) is 6.33. The molecule has 3 heteroatoms. The van der Waals surface area contributed by atoms with Gasteiger partial charge in [-0.25, -0.2) is 0 Å². The molecule has 0 aliphatic carbocycles. The normalized spacial score (nSPS) is 10.1. The number of hydrogen-bond acceptors (Lipinski definition) is 3. The Morgan fingerprint density at radius 1 is 1.35 bits per heavy atom. The van der Waals surface area contributed by atoms with E-state index in [0.29, 0.717) is 19.6 Å². The second kappa shape index (κ2) is 6.28. The maximum absolute atomic E-state index is 11.3. The number of carbonyl (C=O) groups excluding carboxylic acids is 1. The molecule has 0 N–H and O–H groups in total. The molecule has 3 nitrogen and oxygen atoms in total. The van der Waals surface area contributed by atoms with E-state index in [9.17, 15) is 4.79 Å². The minimum atomic E-state index is -0.135. The van der Waals surface area contributed by atoms with Crippen molar-refractivity contribution in [3.05, 3.63) is 29.3 Å². The Bertz CT molecular complexity index is 388. The average Bonchev–Trinajstić information content (AvgIpc) is 2.26. The summed E-state index contributed by atoms with van der Waals surface area (Å²) in [4.78, 5) is 13.4. The molecule has 1 aromatic rings. The topological polar surface area (TPSA) is 29.5 Å². The third kappa shape index (κ3) is 4.10. The third-order valence-corrected chi connectivity index (χ3v) is 2.72. The van der Waals surface area contributed by atoms with Gasteiger partial charge < -0.3 is 9.64 Å². The van der Waals surface area contributed by atoms with E-state index < -0.39 is 0 Å². The molecule has 94 valence electrons. The monoisotopic (exact) mass is 235 g/mol. The highest BCUT2D eigenvalue weighted by Crippen LogP contribution is 2.19. The third-order valence-electron chi connectivity index (χ3n) is 2.72. The fraction of sp³-hybridized carbons (Fsp3) is 0.500. The van der Waals surface area contributed by atoms with E-state index in [2.05, 4.69) is 36.9 Å². The first kappa shape index (κ1) is 13.6. The van der Waals surface area contributed by atoms with Crippen molar-refractivity contribution in [2.24, 2.45) is 0 Å². The van der Waals surface area contributed by atoms with Gasteiger partial charge in [0.2, 0.25) is 0 Å². The van der Waals surface area contributed by atoms with Crippen molar-refractivity contribution in [2.75, 3.05) is 25.1 Å². The largest absolute Gasteiger partial charge is 0.466 e. The molecule has 0 heterocycles. The predicted molar refractivity (Wildman–Crippen MR) is 70.4 cm³/mol. The molecule has 0 amide bonds. The number of nitrogens with zero attached hydrogens (tertiary/aromatic N) is 1. The Balaban J connectivity index is 2.57. The van der Waals surface area contributed by atoms with E-state index >= 15 is 0 Å². The molecule has 0 bridgehead atoms. The maximum atomic E-state index is 11.3. The van der Waals surface area contributed by atoms with Gasteiger partial charge in [-0.15, -0.1) is 0 Å². The van der Waals surface area contributed by atoms with Crippen LogP contribution in [0.25, 0.3) is 0 Å². The van der Waals surface area contributed by atoms with Crippen molar-refractivity contribution < 1.29 is 9.53 Å². The average molecular weight is 235 g/mol. The molecule has 0 unspecified atom stereocenters. The van der Waals surface area contributed by atoms with Crippen molar-refractivity contribution in [3.63, 3.8) is 0 Å². The van der Waals surface area contributed by atoms with Gasteiger partial charge >= 0.3 is 5.97 Å². The Labute approximate surface area is 103 Å². The van der Waals surface area contributed by atoms with Crippen LogP contribution in [0.5, 0.6) is 0 Å². The minimum Gasteiger partial charge on any atom is -0.466 e. The molecular formula is C14H21NO2. The minimum absolute atomic E-state index is 0.135. The van der Waals surface area contributed by atoms with Crippen molar-refractivity contribution in [1.82, 2.24) is 0 Å². The van der Waals surface area contributed by atoms with Crippen molar-refractivity contribution in [1.29, 1.82) is 0 Å². The number of hydrogen-bond donors (Lipinski definition) is 0. The van der Waals surface area contributed by atoms with E-state index in [1.54, 1.807) is 0 Å². The van der Waals surface area contributed by atoms with Crippen LogP contribution in [0, 0.1) is 13.8 Å². The van der Waals surface area contributed by atoms with Crippen LogP contribution in [0.3, 0.4) is 0 Å². The van der Waals surface area contributed by atoms with E-state index in [-0.39, 0.29) is 5.97 Å². The maximum Gasteiger partial charge on any atom is 0.307 e. The lowest BCUT2D eigenvalue weighted by atomic mass is 10.1. The van der Waals surface area contributed by atoms with Gasteiger partial charge in [0.25, 0.3) is 0 Å². The van der Waals surface area contributed by atoms with Crippen molar-refractivity contribution >= 4 is 11.7 Å². The van der Waals surface area contributed by atoms with Gasteiger partial charge in [0, 0.05) is 19.3 Å². The molecule has 0 aliphatic heterocycles. The SMILES string of the molecule is CCOC(=O)CCN(C)c1ccc(C)cc1C.